The second kappa shape index (κ2) is 11.9. The summed E-state index contributed by atoms with van der Waals surface area (Å²) in [6.07, 6.45) is 18.1. The van der Waals surface area contributed by atoms with Gasteiger partial charge in [-0.1, -0.05) is 38.1 Å². The Morgan fingerprint density at radius 1 is 0.973 bits per heavy atom. The molecule has 7 rings (SSSR count). The Hall–Kier alpha value is -3.15. The molecule has 198 valence electrons. The van der Waals surface area contributed by atoms with Gasteiger partial charge in [-0.15, -0.1) is 13.2 Å². The minimum Gasteiger partial charge on any atom is -0.348 e. The van der Waals surface area contributed by atoms with E-state index in [1.807, 2.05) is 23.6 Å². The average molecular weight is 502 g/mol. The van der Waals surface area contributed by atoms with Crippen molar-refractivity contribution in [2.24, 2.45) is 5.92 Å². The zero-order valence-electron chi connectivity index (χ0n) is 22.6. The Kier molecular flexibility index (Phi) is 8.67. The smallest absolute Gasteiger partial charge is 0.222 e. The van der Waals surface area contributed by atoms with Gasteiger partial charge in [0.2, 0.25) is 5.91 Å². The second-order valence-electron chi connectivity index (χ2n) is 11.1. The summed E-state index contributed by atoms with van der Waals surface area (Å²) >= 11 is 0. The SMILES string of the molecule is C=C.CCCC(=O)N1CC[C@H](C)C1.c1ncc(-c2ccc(C34CCC(c5cnc[nH]5)(CC3)CC4)cc2)[nH]1. The first kappa shape index (κ1) is 26.9. The Morgan fingerprint density at radius 2 is 1.59 bits per heavy atom. The largest absolute Gasteiger partial charge is 0.348 e. The lowest BCUT2D eigenvalue weighted by Crippen LogP contribution is -2.46. The number of H-pyrrole nitrogens is 2. The molecule has 0 spiro atoms. The molecule has 3 saturated carbocycles. The van der Waals surface area contributed by atoms with Crippen LogP contribution >= 0.6 is 0 Å². The van der Waals surface area contributed by atoms with E-state index in [1.54, 1.807) is 6.33 Å². The summed E-state index contributed by atoms with van der Waals surface area (Å²) in [5.41, 5.74) is 5.91. The maximum atomic E-state index is 11.3. The first-order chi connectivity index (χ1) is 18.0. The Morgan fingerprint density at radius 3 is 2.11 bits per heavy atom. The molecule has 1 aromatic carbocycles. The lowest BCUT2D eigenvalue weighted by molar-refractivity contribution is -0.130. The lowest BCUT2D eigenvalue weighted by Gasteiger charge is -2.53. The number of aromatic nitrogens is 4. The Balaban J connectivity index is 0.000000208. The highest BCUT2D eigenvalue weighted by Gasteiger charge is 2.50. The molecule has 1 aliphatic heterocycles. The van der Waals surface area contributed by atoms with E-state index >= 15 is 0 Å². The lowest BCUT2D eigenvalue weighted by atomic mass is 9.51. The Labute approximate surface area is 222 Å². The van der Waals surface area contributed by atoms with Crippen LogP contribution in [0.3, 0.4) is 0 Å². The van der Waals surface area contributed by atoms with Gasteiger partial charge in [0.05, 0.1) is 24.5 Å². The number of imidazole rings is 2. The molecule has 3 aliphatic carbocycles. The number of nitrogens with zero attached hydrogens (tertiary/aromatic N) is 3. The fraction of sp³-hybridized carbons (Fsp3) is 0.516. The maximum Gasteiger partial charge on any atom is 0.222 e. The van der Waals surface area contributed by atoms with Crippen molar-refractivity contribution in [1.82, 2.24) is 24.8 Å². The molecule has 37 heavy (non-hydrogen) atoms. The number of rotatable bonds is 5. The molecule has 4 aliphatic rings. The molecule has 2 N–H and O–H groups in total. The number of amides is 1. The number of carbonyl (C=O) groups is 1. The first-order valence-electron chi connectivity index (χ1n) is 13.9. The van der Waals surface area contributed by atoms with Crippen molar-refractivity contribution in [3.8, 4) is 11.3 Å². The molecule has 3 aromatic rings. The van der Waals surface area contributed by atoms with Crippen LogP contribution in [-0.2, 0) is 15.6 Å². The predicted octanol–water partition coefficient (Wildman–Crippen LogP) is 6.80. The fourth-order valence-corrected chi connectivity index (χ4v) is 6.52. The van der Waals surface area contributed by atoms with Gasteiger partial charge in [-0.2, -0.15) is 0 Å². The highest BCUT2D eigenvalue weighted by atomic mass is 16.2. The van der Waals surface area contributed by atoms with Crippen molar-refractivity contribution in [1.29, 1.82) is 0 Å². The minimum absolute atomic E-state index is 0.344. The molecule has 0 radical (unpaired) electrons. The molecule has 1 saturated heterocycles. The summed E-state index contributed by atoms with van der Waals surface area (Å²) in [6, 6.07) is 9.15. The highest BCUT2D eigenvalue weighted by molar-refractivity contribution is 5.76. The van der Waals surface area contributed by atoms with Crippen LogP contribution in [-0.4, -0.2) is 43.8 Å². The predicted molar refractivity (Wildman–Crippen MR) is 150 cm³/mol. The van der Waals surface area contributed by atoms with Crippen molar-refractivity contribution in [2.75, 3.05) is 13.1 Å². The summed E-state index contributed by atoms with van der Waals surface area (Å²) < 4.78 is 0. The van der Waals surface area contributed by atoms with Gasteiger partial charge < -0.3 is 14.9 Å². The van der Waals surface area contributed by atoms with E-state index in [9.17, 15) is 4.79 Å². The molecule has 6 heteroatoms. The molecule has 2 aromatic heterocycles. The molecular formula is C31H43N5O. The quantitative estimate of drug-likeness (QED) is 0.377. The van der Waals surface area contributed by atoms with Crippen LogP contribution in [0.4, 0.5) is 0 Å². The van der Waals surface area contributed by atoms with Gasteiger partial charge in [0, 0.05) is 36.8 Å². The van der Waals surface area contributed by atoms with Gasteiger partial charge in [-0.3, -0.25) is 4.79 Å². The van der Waals surface area contributed by atoms with E-state index < -0.39 is 0 Å². The number of fused-ring (bicyclic) bond motifs is 3. The van der Waals surface area contributed by atoms with Gasteiger partial charge in [-0.05, 0) is 73.8 Å². The number of hydrogen-bond acceptors (Lipinski definition) is 3. The summed E-state index contributed by atoms with van der Waals surface area (Å²) in [5, 5.41) is 0. The highest BCUT2D eigenvalue weighted by Crippen LogP contribution is 2.58. The van der Waals surface area contributed by atoms with Crippen LogP contribution in [0.1, 0.15) is 82.9 Å². The van der Waals surface area contributed by atoms with Crippen molar-refractivity contribution >= 4 is 5.91 Å². The third kappa shape index (κ3) is 5.73. The number of nitrogens with one attached hydrogen (secondary N) is 2. The number of aromatic amines is 2. The van der Waals surface area contributed by atoms with Crippen LogP contribution in [0.15, 0.2) is 62.5 Å². The number of likely N-dealkylation sites (tertiary alicyclic amines) is 1. The molecule has 2 bridgehead atoms. The van der Waals surface area contributed by atoms with E-state index in [0.29, 0.717) is 16.7 Å². The van der Waals surface area contributed by atoms with E-state index in [1.165, 1.54) is 61.8 Å². The third-order valence-electron chi connectivity index (χ3n) is 8.86. The van der Waals surface area contributed by atoms with Crippen LogP contribution in [0.25, 0.3) is 11.3 Å². The zero-order chi connectivity index (χ0) is 26.3. The number of hydrogen-bond donors (Lipinski definition) is 2. The summed E-state index contributed by atoms with van der Waals surface area (Å²) in [6.45, 7) is 12.2. The third-order valence-corrected chi connectivity index (χ3v) is 8.86. The van der Waals surface area contributed by atoms with Crippen molar-refractivity contribution in [3.63, 3.8) is 0 Å². The summed E-state index contributed by atoms with van der Waals surface area (Å²) in [5.74, 6) is 1.06. The average Bonchev–Trinajstić information content (AvgIpc) is 3.75. The van der Waals surface area contributed by atoms with Crippen LogP contribution < -0.4 is 0 Å². The van der Waals surface area contributed by atoms with Crippen molar-refractivity contribution < 1.29 is 4.79 Å². The van der Waals surface area contributed by atoms with Crippen molar-refractivity contribution in [3.05, 3.63) is 73.7 Å². The number of carbonyl (C=O) groups excluding carboxylic acids is 1. The van der Waals surface area contributed by atoms with E-state index in [4.69, 9.17) is 0 Å². The van der Waals surface area contributed by atoms with Gasteiger partial charge in [0.1, 0.15) is 0 Å². The van der Waals surface area contributed by atoms with Crippen molar-refractivity contribution in [2.45, 2.75) is 82.5 Å². The molecule has 0 unspecified atom stereocenters. The monoisotopic (exact) mass is 501 g/mol. The van der Waals surface area contributed by atoms with Crippen LogP contribution in [0.5, 0.6) is 0 Å². The molecule has 3 heterocycles. The topological polar surface area (TPSA) is 77.7 Å². The molecule has 4 fully saturated rings. The first-order valence-corrected chi connectivity index (χ1v) is 13.9. The van der Waals surface area contributed by atoms with Gasteiger partial charge in [-0.25, -0.2) is 9.97 Å². The Bertz CT molecular complexity index is 1080. The number of benzene rings is 1. The summed E-state index contributed by atoms with van der Waals surface area (Å²) in [4.78, 5) is 28.2. The minimum atomic E-state index is 0.344. The normalized spacial score (nSPS) is 26.1. The molecule has 1 atom stereocenters. The van der Waals surface area contributed by atoms with Gasteiger partial charge in [0.15, 0.2) is 0 Å². The molecular weight excluding hydrogens is 458 g/mol. The van der Waals surface area contributed by atoms with Crippen LogP contribution in [0.2, 0.25) is 0 Å². The standard InChI is InChI=1S/C20H22N4.C9H17NO.C2H4/c1-3-16(4-2-15(1)17-11-21-13-23-17)19-5-8-20(9-6-19,10-7-19)18-12-22-14-24-18;1-3-4-9(11)10-6-5-8(2)7-10;1-2/h1-4,11-14H,5-10H2,(H,21,23)(H,22,24);8H,3-7H2,1-2H3;1-2H2/t;8-;/m.0./s1. The zero-order valence-corrected chi connectivity index (χ0v) is 22.6. The van der Waals surface area contributed by atoms with E-state index in [0.717, 1.165) is 37.5 Å². The van der Waals surface area contributed by atoms with Gasteiger partial charge in [0.25, 0.3) is 0 Å². The van der Waals surface area contributed by atoms with E-state index in [-0.39, 0.29) is 0 Å². The fourth-order valence-electron chi connectivity index (χ4n) is 6.52. The van der Waals surface area contributed by atoms with Gasteiger partial charge >= 0.3 is 0 Å². The second-order valence-corrected chi connectivity index (χ2v) is 11.1. The van der Waals surface area contributed by atoms with Crippen LogP contribution in [0, 0.1) is 5.92 Å². The molecule has 6 nitrogen and oxygen atoms in total. The summed E-state index contributed by atoms with van der Waals surface area (Å²) in [7, 11) is 0. The maximum absolute atomic E-state index is 11.3. The van der Waals surface area contributed by atoms with E-state index in [2.05, 4.69) is 71.2 Å². The molecule has 1 amide bonds.